The Bertz CT molecular complexity index is 991. The van der Waals surface area contributed by atoms with Gasteiger partial charge in [-0.05, 0) is 38.1 Å². The molecular formula is C18H26N3O6P3. The molecule has 2 aromatic rings. The molecule has 1 heterocycles. The van der Waals surface area contributed by atoms with Gasteiger partial charge in [-0.15, -0.1) is 13.5 Å². The first-order valence-electron chi connectivity index (χ1n) is 8.98. The molecule has 0 bridgehead atoms. The zero-order valence-corrected chi connectivity index (χ0v) is 20.4. The van der Waals surface area contributed by atoms with E-state index in [2.05, 4.69) is 13.5 Å². The minimum absolute atomic E-state index is 0.542. The highest BCUT2D eigenvalue weighted by Gasteiger charge is 2.43. The molecule has 164 valence electrons. The van der Waals surface area contributed by atoms with Crippen LogP contribution in [-0.4, -0.2) is 28.4 Å². The second-order valence-electron chi connectivity index (χ2n) is 6.28. The highest BCUT2D eigenvalue weighted by atomic mass is 31.3. The first-order valence-corrected chi connectivity index (χ1v) is 13.6. The minimum Gasteiger partial charge on any atom is -0.422 e. The van der Waals surface area contributed by atoms with Crippen LogP contribution in [0.2, 0.25) is 0 Å². The first-order chi connectivity index (χ1) is 14.3. The van der Waals surface area contributed by atoms with E-state index < -0.39 is 23.0 Å². The van der Waals surface area contributed by atoms with Crippen LogP contribution in [0.3, 0.4) is 0 Å². The van der Waals surface area contributed by atoms with Crippen molar-refractivity contribution in [1.82, 2.24) is 0 Å². The summed E-state index contributed by atoms with van der Waals surface area (Å²) in [7, 11) is -3.89. The van der Waals surface area contributed by atoms with Crippen LogP contribution in [0.1, 0.15) is 11.1 Å². The molecule has 1 aliphatic heterocycles. The third-order valence-corrected chi connectivity index (χ3v) is 12.3. The fraction of sp³-hybridized carbons (Fsp3) is 0.333. The van der Waals surface area contributed by atoms with Crippen molar-refractivity contribution in [2.75, 3.05) is 28.4 Å². The van der Waals surface area contributed by atoms with Gasteiger partial charge < -0.3 is 27.1 Å². The summed E-state index contributed by atoms with van der Waals surface area (Å²) in [6.45, 7) is 3.98. The molecule has 0 saturated heterocycles. The van der Waals surface area contributed by atoms with Gasteiger partial charge in [0.15, 0.2) is 0 Å². The Labute approximate surface area is 177 Å². The fourth-order valence-electron chi connectivity index (χ4n) is 2.47. The SMILES string of the molecule is COP1(OC)=N[P@@](OC)(Oc2ccc(C)cc2)=N[P@](OC)(Oc2ccc(C)cc2)=N1. The second kappa shape index (κ2) is 9.37. The molecule has 12 heteroatoms. The summed E-state index contributed by atoms with van der Waals surface area (Å²) in [5, 5.41) is 0. The number of aryl methyl sites for hydroxylation is 2. The predicted molar refractivity (Wildman–Crippen MR) is 120 cm³/mol. The van der Waals surface area contributed by atoms with E-state index in [0.717, 1.165) is 11.1 Å². The number of nitrogens with zero attached hydrogens (tertiary/aromatic N) is 3. The summed E-state index contributed by atoms with van der Waals surface area (Å²) in [6, 6.07) is 15.0. The average molecular weight is 473 g/mol. The van der Waals surface area contributed by atoms with Crippen molar-refractivity contribution < 1.29 is 27.1 Å². The zero-order valence-electron chi connectivity index (χ0n) is 17.8. The summed E-state index contributed by atoms with van der Waals surface area (Å²) in [5.41, 5.74) is 2.19. The van der Waals surface area contributed by atoms with Crippen molar-refractivity contribution in [3.8, 4) is 11.5 Å². The average Bonchev–Trinajstić information content (AvgIpc) is 2.77. The molecule has 0 fully saturated rings. The molecule has 0 amide bonds. The van der Waals surface area contributed by atoms with Crippen LogP contribution in [0.15, 0.2) is 62.1 Å². The highest BCUT2D eigenvalue weighted by Crippen LogP contribution is 2.79. The molecule has 3 rings (SSSR count). The van der Waals surface area contributed by atoms with Crippen LogP contribution in [0.5, 0.6) is 11.5 Å². The van der Waals surface area contributed by atoms with E-state index in [1.54, 1.807) is 0 Å². The van der Waals surface area contributed by atoms with Gasteiger partial charge in [0.1, 0.15) is 11.5 Å². The Kier molecular flexibility index (Phi) is 7.26. The molecule has 30 heavy (non-hydrogen) atoms. The van der Waals surface area contributed by atoms with Crippen LogP contribution in [0, 0.1) is 13.8 Å². The quantitative estimate of drug-likeness (QED) is 0.377. The maximum absolute atomic E-state index is 6.15. The van der Waals surface area contributed by atoms with Gasteiger partial charge in [-0.2, -0.15) is 0 Å². The normalized spacial score (nSPS) is 24.9. The summed E-state index contributed by atoms with van der Waals surface area (Å²) in [5.74, 6) is 1.08. The maximum Gasteiger partial charge on any atom is 0.403 e. The summed E-state index contributed by atoms with van der Waals surface area (Å²) in [6.07, 6.45) is 0. The topological polar surface area (TPSA) is 92.5 Å². The predicted octanol–water partition coefficient (Wildman–Crippen LogP) is 7.20. The smallest absolute Gasteiger partial charge is 0.403 e. The monoisotopic (exact) mass is 473 g/mol. The molecule has 0 unspecified atom stereocenters. The zero-order chi connectivity index (χ0) is 21.8. The van der Waals surface area contributed by atoms with E-state index in [0.29, 0.717) is 11.5 Å². The Morgan fingerprint density at radius 2 is 0.800 bits per heavy atom. The summed E-state index contributed by atoms with van der Waals surface area (Å²) < 4.78 is 48.8. The summed E-state index contributed by atoms with van der Waals surface area (Å²) in [4.78, 5) is 0. The van der Waals surface area contributed by atoms with Crippen LogP contribution in [0.25, 0.3) is 0 Å². The van der Waals surface area contributed by atoms with E-state index in [1.165, 1.54) is 28.4 Å². The lowest BCUT2D eigenvalue weighted by Crippen LogP contribution is -2.03. The molecule has 2 atom stereocenters. The number of benzene rings is 2. The van der Waals surface area contributed by atoms with E-state index in [1.807, 2.05) is 62.4 Å². The van der Waals surface area contributed by atoms with Crippen molar-refractivity contribution >= 4 is 23.0 Å². The third kappa shape index (κ3) is 5.06. The maximum atomic E-state index is 6.15. The van der Waals surface area contributed by atoms with E-state index in [4.69, 9.17) is 27.1 Å². The van der Waals surface area contributed by atoms with Gasteiger partial charge in [0.25, 0.3) is 0 Å². The molecular weight excluding hydrogens is 447 g/mol. The van der Waals surface area contributed by atoms with E-state index >= 15 is 0 Å². The molecule has 2 aromatic carbocycles. The van der Waals surface area contributed by atoms with Crippen LogP contribution in [0.4, 0.5) is 0 Å². The summed E-state index contributed by atoms with van der Waals surface area (Å²) >= 11 is 0. The number of hydrogen-bond acceptors (Lipinski definition) is 9. The third-order valence-electron chi connectivity index (χ3n) is 4.12. The van der Waals surface area contributed by atoms with E-state index in [-0.39, 0.29) is 0 Å². The molecule has 1 aliphatic rings. The van der Waals surface area contributed by atoms with Crippen molar-refractivity contribution in [2.45, 2.75) is 13.8 Å². The van der Waals surface area contributed by atoms with Crippen LogP contribution >= 0.6 is 23.0 Å². The van der Waals surface area contributed by atoms with Crippen LogP contribution < -0.4 is 9.05 Å². The van der Waals surface area contributed by atoms with Gasteiger partial charge in [-0.1, -0.05) is 35.4 Å². The highest BCUT2D eigenvalue weighted by molar-refractivity contribution is 7.78. The molecule has 0 saturated carbocycles. The molecule has 0 spiro atoms. The second-order valence-corrected chi connectivity index (χ2v) is 13.2. The largest absolute Gasteiger partial charge is 0.422 e. The van der Waals surface area contributed by atoms with Gasteiger partial charge in [0, 0.05) is 28.4 Å². The lowest BCUT2D eigenvalue weighted by molar-refractivity contribution is 0.321. The standard InChI is InChI=1S/C18H26N3O6P3/c1-15-7-11-17(12-8-15)26-29(24-5)19-28(22-3,23-4)20-30(21-29,25-6)27-18-13-9-16(2)10-14-18/h7-14H,1-6H3/t29-,30-/m1/s1. The van der Waals surface area contributed by atoms with Crippen LogP contribution in [-0.2, 0) is 18.1 Å². The van der Waals surface area contributed by atoms with Gasteiger partial charge in [0.05, 0.1) is 0 Å². The van der Waals surface area contributed by atoms with Gasteiger partial charge in [0.2, 0.25) is 0 Å². The lowest BCUT2D eigenvalue weighted by atomic mass is 10.2. The van der Waals surface area contributed by atoms with Crippen molar-refractivity contribution in [1.29, 1.82) is 0 Å². The molecule has 0 aliphatic carbocycles. The molecule has 9 nitrogen and oxygen atoms in total. The minimum atomic E-state index is -3.29. The number of rotatable bonds is 8. The van der Waals surface area contributed by atoms with Crippen molar-refractivity contribution in [3.63, 3.8) is 0 Å². The Morgan fingerprint density at radius 3 is 1.13 bits per heavy atom. The molecule has 0 radical (unpaired) electrons. The first kappa shape index (κ1) is 23.2. The molecule has 0 N–H and O–H groups in total. The van der Waals surface area contributed by atoms with Gasteiger partial charge in [-0.25, -0.2) is 0 Å². The van der Waals surface area contributed by atoms with Gasteiger partial charge in [-0.3, -0.25) is 0 Å². The Morgan fingerprint density at radius 1 is 0.500 bits per heavy atom. The van der Waals surface area contributed by atoms with Crippen molar-refractivity contribution in [2.24, 2.45) is 13.5 Å². The molecule has 0 aromatic heterocycles. The van der Waals surface area contributed by atoms with Gasteiger partial charge >= 0.3 is 23.0 Å². The number of hydrogen-bond donors (Lipinski definition) is 0. The van der Waals surface area contributed by atoms with Crippen molar-refractivity contribution in [3.05, 3.63) is 59.7 Å². The Hall–Kier alpha value is -1.43. The Balaban J connectivity index is 2.17. The lowest BCUT2D eigenvalue weighted by Gasteiger charge is -2.31. The van der Waals surface area contributed by atoms with E-state index in [9.17, 15) is 0 Å². The fourth-order valence-corrected chi connectivity index (χ4v) is 11.3.